The lowest BCUT2D eigenvalue weighted by Gasteiger charge is -2.53. The Morgan fingerprint density at radius 1 is 0.762 bits per heavy atom. The van der Waals surface area contributed by atoms with Gasteiger partial charge in [0.15, 0.2) is 0 Å². The van der Waals surface area contributed by atoms with Gasteiger partial charge in [0, 0.05) is 62.8 Å². The van der Waals surface area contributed by atoms with E-state index >= 15 is 0 Å². The van der Waals surface area contributed by atoms with E-state index in [1.165, 1.54) is 16.7 Å². The molecule has 216 valence electrons. The molecule has 2 atom stereocenters. The molecule has 2 saturated heterocycles. The van der Waals surface area contributed by atoms with E-state index in [0.717, 1.165) is 37.5 Å². The number of piperazine rings is 2. The predicted octanol–water partition coefficient (Wildman–Crippen LogP) is 6.03. The largest absolute Gasteiger partial charge is 0.496 e. The fourth-order valence-electron chi connectivity index (χ4n) is 6.64. The SMILES string of the molecule is COc1ccccc1CN1CC(C(c2ccccc2)c2ccccc2)N2CCN(C(=O)OCc3ccccc3)C[C@@H]2C1. The lowest BCUT2D eigenvalue weighted by atomic mass is 9.81. The van der Waals surface area contributed by atoms with Crippen LogP contribution >= 0.6 is 0 Å². The molecule has 1 unspecified atom stereocenters. The van der Waals surface area contributed by atoms with Gasteiger partial charge in [0.2, 0.25) is 0 Å². The summed E-state index contributed by atoms with van der Waals surface area (Å²) in [5.74, 6) is 1.11. The van der Waals surface area contributed by atoms with Gasteiger partial charge in [-0.1, -0.05) is 109 Å². The number of hydrogen-bond acceptors (Lipinski definition) is 5. The van der Waals surface area contributed by atoms with Crippen molar-refractivity contribution < 1.29 is 14.3 Å². The zero-order valence-corrected chi connectivity index (χ0v) is 24.2. The fourth-order valence-corrected chi connectivity index (χ4v) is 6.64. The summed E-state index contributed by atoms with van der Waals surface area (Å²) >= 11 is 0. The van der Waals surface area contributed by atoms with E-state index in [1.54, 1.807) is 7.11 Å². The van der Waals surface area contributed by atoms with E-state index in [9.17, 15) is 4.79 Å². The molecule has 0 bridgehead atoms. The maximum Gasteiger partial charge on any atom is 0.410 e. The van der Waals surface area contributed by atoms with Crippen LogP contribution in [0.4, 0.5) is 4.79 Å². The number of methoxy groups -OCH3 is 1. The molecular weight excluding hydrogens is 522 g/mol. The van der Waals surface area contributed by atoms with Gasteiger partial charge < -0.3 is 14.4 Å². The Balaban J connectivity index is 1.28. The first-order chi connectivity index (χ1) is 20.7. The Morgan fingerprint density at radius 2 is 1.38 bits per heavy atom. The van der Waals surface area contributed by atoms with E-state index in [-0.39, 0.29) is 30.7 Å². The average molecular weight is 562 g/mol. The number of hydrogen-bond donors (Lipinski definition) is 0. The summed E-state index contributed by atoms with van der Waals surface area (Å²) in [6.07, 6.45) is -0.237. The molecule has 0 aromatic heterocycles. The van der Waals surface area contributed by atoms with Crippen molar-refractivity contribution in [3.63, 3.8) is 0 Å². The van der Waals surface area contributed by atoms with Crippen LogP contribution in [-0.2, 0) is 17.9 Å². The van der Waals surface area contributed by atoms with Gasteiger partial charge in [-0.25, -0.2) is 4.79 Å². The van der Waals surface area contributed by atoms with Crippen LogP contribution in [0.2, 0.25) is 0 Å². The van der Waals surface area contributed by atoms with Gasteiger partial charge in [-0.05, 0) is 22.8 Å². The van der Waals surface area contributed by atoms with Crippen molar-refractivity contribution >= 4 is 6.09 Å². The maximum atomic E-state index is 13.2. The van der Waals surface area contributed by atoms with Gasteiger partial charge in [0.05, 0.1) is 7.11 Å². The van der Waals surface area contributed by atoms with Crippen LogP contribution < -0.4 is 4.74 Å². The number of carbonyl (C=O) groups is 1. The molecule has 0 N–H and O–H groups in total. The minimum absolute atomic E-state index is 0.186. The molecule has 2 aliphatic rings. The highest BCUT2D eigenvalue weighted by Gasteiger charge is 2.43. The van der Waals surface area contributed by atoms with Crippen LogP contribution in [0.25, 0.3) is 0 Å². The molecule has 2 heterocycles. The molecule has 4 aromatic rings. The zero-order valence-electron chi connectivity index (χ0n) is 24.2. The lowest BCUT2D eigenvalue weighted by Crippen LogP contribution is -2.67. The lowest BCUT2D eigenvalue weighted by molar-refractivity contribution is -0.0334. The molecule has 4 aromatic carbocycles. The van der Waals surface area contributed by atoms with Crippen LogP contribution in [0.5, 0.6) is 5.75 Å². The van der Waals surface area contributed by atoms with Crippen molar-refractivity contribution in [3.05, 3.63) is 138 Å². The minimum atomic E-state index is -0.237. The Labute approximate surface area is 249 Å². The number of carbonyl (C=O) groups excluding carboxylic acids is 1. The van der Waals surface area contributed by atoms with Gasteiger partial charge >= 0.3 is 6.09 Å². The van der Waals surface area contributed by atoms with Crippen molar-refractivity contribution in [2.45, 2.75) is 31.2 Å². The Hall–Kier alpha value is -4.13. The number of rotatable bonds is 8. The summed E-state index contributed by atoms with van der Waals surface area (Å²) in [6, 6.07) is 40.3. The number of benzene rings is 4. The summed E-state index contributed by atoms with van der Waals surface area (Å²) in [5, 5.41) is 0. The molecule has 2 fully saturated rings. The second-order valence-corrected chi connectivity index (χ2v) is 11.3. The highest BCUT2D eigenvalue weighted by Crippen LogP contribution is 2.36. The highest BCUT2D eigenvalue weighted by molar-refractivity contribution is 5.68. The number of amides is 1. The summed E-state index contributed by atoms with van der Waals surface area (Å²) < 4.78 is 11.5. The van der Waals surface area contributed by atoms with Crippen molar-refractivity contribution in [2.24, 2.45) is 0 Å². The van der Waals surface area contributed by atoms with Crippen LogP contribution in [0.3, 0.4) is 0 Å². The van der Waals surface area contributed by atoms with Gasteiger partial charge in [0.25, 0.3) is 0 Å². The summed E-state index contributed by atoms with van der Waals surface area (Å²) in [7, 11) is 1.74. The van der Waals surface area contributed by atoms with E-state index in [4.69, 9.17) is 9.47 Å². The smallest absolute Gasteiger partial charge is 0.410 e. The molecule has 6 nitrogen and oxygen atoms in total. The second-order valence-electron chi connectivity index (χ2n) is 11.3. The van der Waals surface area contributed by atoms with Gasteiger partial charge in [-0.15, -0.1) is 0 Å². The highest BCUT2D eigenvalue weighted by atomic mass is 16.6. The standard InChI is InChI=1S/C36H39N3O3/c1-41-34-20-12-11-19-31(34)23-37-24-32-25-38(36(40)42-27-28-13-5-2-6-14-28)21-22-39(32)33(26-37)35(29-15-7-3-8-16-29)30-17-9-4-10-18-30/h2-20,32-33,35H,21-27H2,1H3/t32-,33?/m0/s1. The maximum absolute atomic E-state index is 13.2. The molecule has 6 heteroatoms. The molecule has 2 aliphatic heterocycles. The van der Waals surface area contributed by atoms with E-state index in [0.29, 0.717) is 13.1 Å². The minimum Gasteiger partial charge on any atom is -0.496 e. The third-order valence-corrected chi connectivity index (χ3v) is 8.62. The number of ether oxygens (including phenoxy) is 2. The van der Waals surface area contributed by atoms with Gasteiger partial charge in [0.1, 0.15) is 12.4 Å². The third kappa shape index (κ3) is 6.35. The van der Waals surface area contributed by atoms with Crippen molar-refractivity contribution in [3.8, 4) is 5.75 Å². The van der Waals surface area contributed by atoms with E-state index in [2.05, 4.69) is 82.6 Å². The molecule has 6 rings (SSSR count). The topological polar surface area (TPSA) is 45.2 Å². The Kier molecular flexibility index (Phi) is 8.83. The first-order valence-electron chi connectivity index (χ1n) is 14.8. The summed E-state index contributed by atoms with van der Waals surface area (Å²) in [5.41, 5.74) is 4.81. The number of fused-ring (bicyclic) bond motifs is 1. The number of para-hydroxylation sites is 1. The summed E-state index contributed by atoms with van der Waals surface area (Å²) in [4.78, 5) is 20.3. The van der Waals surface area contributed by atoms with E-state index < -0.39 is 0 Å². The van der Waals surface area contributed by atoms with Gasteiger partial charge in [-0.2, -0.15) is 0 Å². The van der Waals surface area contributed by atoms with E-state index in [1.807, 2.05) is 47.4 Å². The third-order valence-electron chi connectivity index (χ3n) is 8.62. The Morgan fingerprint density at radius 3 is 2.05 bits per heavy atom. The monoisotopic (exact) mass is 561 g/mol. The predicted molar refractivity (Wildman–Crippen MR) is 165 cm³/mol. The average Bonchev–Trinajstić information content (AvgIpc) is 3.05. The molecule has 0 saturated carbocycles. The van der Waals surface area contributed by atoms with Crippen LogP contribution in [-0.4, -0.2) is 72.7 Å². The Bertz CT molecular complexity index is 1390. The molecule has 0 radical (unpaired) electrons. The van der Waals surface area contributed by atoms with Crippen LogP contribution in [0.1, 0.15) is 28.2 Å². The summed E-state index contributed by atoms with van der Waals surface area (Å²) in [6.45, 7) is 4.98. The normalized spacial score (nSPS) is 19.3. The first-order valence-corrected chi connectivity index (χ1v) is 14.8. The van der Waals surface area contributed by atoms with Gasteiger partial charge in [-0.3, -0.25) is 9.80 Å². The molecule has 1 amide bonds. The van der Waals surface area contributed by atoms with Crippen LogP contribution in [0, 0.1) is 0 Å². The second kappa shape index (κ2) is 13.2. The zero-order chi connectivity index (χ0) is 28.7. The molecule has 42 heavy (non-hydrogen) atoms. The van der Waals surface area contributed by atoms with Crippen molar-refractivity contribution in [1.82, 2.24) is 14.7 Å². The molecule has 0 aliphatic carbocycles. The molecule has 0 spiro atoms. The van der Waals surface area contributed by atoms with Crippen molar-refractivity contribution in [2.75, 3.05) is 39.8 Å². The quantitative estimate of drug-likeness (QED) is 0.263. The fraction of sp³-hybridized carbons (Fsp3) is 0.306. The number of nitrogens with zero attached hydrogens (tertiary/aromatic N) is 3. The van der Waals surface area contributed by atoms with Crippen molar-refractivity contribution in [1.29, 1.82) is 0 Å². The van der Waals surface area contributed by atoms with Crippen LogP contribution in [0.15, 0.2) is 115 Å². The molecular formula is C36H39N3O3. The first kappa shape index (κ1) is 28.0.